The van der Waals surface area contributed by atoms with E-state index in [2.05, 4.69) is 29.0 Å². The number of carboxylic acids is 2. The summed E-state index contributed by atoms with van der Waals surface area (Å²) in [6.07, 6.45) is 1.06. The Morgan fingerprint density at radius 2 is 1.28 bits per heavy atom. The Balaban J connectivity index is 3.56. The molecule has 10 heteroatoms. The lowest BCUT2D eigenvalue weighted by molar-refractivity contribution is -0.139. The van der Waals surface area contributed by atoms with Crippen molar-refractivity contribution >= 4 is 52.3 Å². The van der Waals surface area contributed by atoms with E-state index in [1.165, 1.54) is 0 Å². The fourth-order valence-corrected chi connectivity index (χ4v) is 3.81. The summed E-state index contributed by atoms with van der Waals surface area (Å²) in [6, 6.07) is -1.10. The average Bonchev–Trinajstić information content (AvgIpc) is 2.32. The molecule has 4 N–H and O–H groups in total. The predicted molar refractivity (Wildman–Crippen MR) is 82.7 cm³/mol. The Labute approximate surface area is 119 Å². The Morgan fingerprint density at radius 1 is 0.944 bits per heavy atom. The maximum Gasteiger partial charge on any atom is 0.320 e. The Kier molecular flexibility index (Phi) is 11.5. The summed E-state index contributed by atoms with van der Waals surface area (Å²) in [5.74, 6) is -0.327. The molecule has 0 fully saturated rings. The van der Waals surface area contributed by atoms with E-state index >= 15 is 0 Å². The van der Waals surface area contributed by atoms with Gasteiger partial charge >= 0.3 is 11.9 Å². The SMILES string of the molecule is O=C(O)C(CCSSCCC(NP)C(=O)O)NP. The monoisotopic (exact) mass is 332 g/mol. The minimum atomic E-state index is -0.867. The first-order valence-corrected chi connectivity index (χ1v) is 8.79. The Morgan fingerprint density at radius 3 is 1.50 bits per heavy atom. The van der Waals surface area contributed by atoms with Crippen LogP contribution in [-0.2, 0) is 9.59 Å². The lowest BCUT2D eigenvalue weighted by Gasteiger charge is -2.11. The van der Waals surface area contributed by atoms with Gasteiger partial charge in [0.1, 0.15) is 12.1 Å². The minimum absolute atomic E-state index is 0.529. The third-order valence-corrected chi connectivity index (χ3v) is 5.34. The number of hydrogen-bond donors (Lipinski definition) is 4. The maximum atomic E-state index is 10.7. The van der Waals surface area contributed by atoms with E-state index in [1.807, 2.05) is 0 Å². The van der Waals surface area contributed by atoms with E-state index in [1.54, 1.807) is 21.6 Å². The predicted octanol–water partition coefficient (Wildman–Crippen LogP) is 0.814. The lowest BCUT2D eigenvalue weighted by Crippen LogP contribution is -2.30. The molecule has 0 aromatic heterocycles. The minimum Gasteiger partial charge on any atom is -0.480 e. The van der Waals surface area contributed by atoms with Crippen LogP contribution in [0.2, 0.25) is 0 Å². The molecule has 0 spiro atoms. The molecular weight excluding hydrogens is 314 g/mol. The van der Waals surface area contributed by atoms with Crippen LogP contribution >= 0.6 is 40.4 Å². The van der Waals surface area contributed by atoms with E-state index < -0.39 is 24.0 Å². The number of rotatable bonds is 11. The number of carbonyl (C=O) groups is 2. The summed E-state index contributed by atoms with van der Waals surface area (Å²) < 4.78 is 0. The molecule has 0 aliphatic carbocycles. The van der Waals surface area contributed by atoms with Gasteiger partial charge in [-0.15, -0.1) is 0 Å². The topological polar surface area (TPSA) is 98.7 Å². The van der Waals surface area contributed by atoms with Crippen LogP contribution in [0.15, 0.2) is 0 Å². The van der Waals surface area contributed by atoms with Gasteiger partial charge in [-0.2, -0.15) is 0 Å². The molecule has 0 saturated heterocycles. The van der Waals surface area contributed by atoms with Gasteiger partial charge < -0.3 is 10.2 Å². The van der Waals surface area contributed by atoms with E-state index in [4.69, 9.17) is 10.2 Å². The van der Waals surface area contributed by atoms with Crippen LogP contribution in [0.5, 0.6) is 0 Å². The van der Waals surface area contributed by atoms with Gasteiger partial charge in [0.2, 0.25) is 0 Å². The number of hydrogen-bond acceptors (Lipinski definition) is 6. The van der Waals surface area contributed by atoms with Crippen molar-refractivity contribution in [2.24, 2.45) is 0 Å². The molecule has 0 radical (unpaired) electrons. The maximum absolute atomic E-state index is 10.7. The van der Waals surface area contributed by atoms with Crippen LogP contribution in [0.25, 0.3) is 0 Å². The van der Waals surface area contributed by atoms with Crippen LogP contribution < -0.4 is 10.2 Å². The van der Waals surface area contributed by atoms with Gasteiger partial charge in [0.15, 0.2) is 0 Å². The highest BCUT2D eigenvalue weighted by Crippen LogP contribution is 2.24. The fraction of sp³-hybridized carbons (Fsp3) is 0.750. The standard InChI is InChI=1S/C8H18N2O4P2S2/c11-7(12)5(9-15)1-3-17-18-4-2-6(10-16)8(13)14/h5-6,9-10H,1-4,15-16H2,(H,11,12)(H,13,14). The molecule has 4 unspecified atom stereocenters. The highest BCUT2D eigenvalue weighted by molar-refractivity contribution is 8.76. The zero-order valence-electron chi connectivity index (χ0n) is 9.67. The molecule has 0 saturated carbocycles. The van der Waals surface area contributed by atoms with Crippen LogP contribution in [0.3, 0.4) is 0 Å². The lowest BCUT2D eigenvalue weighted by atomic mass is 10.2. The third-order valence-electron chi connectivity index (χ3n) is 2.06. The molecule has 0 amide bonds. The third kappa shape index (κ3) is 8.51. The first-order chi connectivity index (χ1) is 8.52. The van der Waals surface area contributed by atoms with Gasteiger partial charge in [-0.05, 0) is 12.8 Å². The zero-order chi connectivity index (χ0) is 14.0. The van der Waals surface area contributed by atoms with Gasteiger partial charge in [0.05, 0.1) is 0 Å². The fourth-order valence-electron chi connectivity index (χ4n) is 1.01. The molecule has 0 bridgehead atoms. The molecular formula is C8H18N2O4P2S2. The van der Waals surface area contributed by atoms with E-state index in [0.717, 1.165) is 0 Å². The first-order valence-electron chi connectivity index (χ1n) is 5.15. The van der Waals surface area contributed by atoms with E-state index in [9.17, 15) is 9.59 Å². The quantitative estimate of drug-likeness (QED) is 0.251. The summed E-state index contributed by atoms with van der Waals surface area (Å²) in [5.41, 5.74) is 0. The van der Waals surface area contributed by atoms with Gasteiger partial charge in [-0.3, -0.25) is 19.8 Å². The second kappa shape index (κ2) is 11.3. The van der Waals surface area contributed by atoms with Crippen molar-refractivity contribution < 1.29 is 19.8 Å². The zero-order valence-corrected chi connectivity index (χ0v) is 13.6. The van der Waals surface area contributed by atoms with Crippen molar-refractivity contribution in [2.45, 2.75) is 24.9 Å². The van der Waals surface area contributed by atoms with E-state index in [-0.39, 0.29) is 0 Å². The summed E-state index contributed by atoms with van der Waals surface area (Å²) in [6.45, 7) is 0. The van der Waals surface area contributed by atoms with Crippen molar-refractivity contribution in [1.82, 2.24) is 10.2 Å². The molecule has 6 nitrogen and oxygen atoms in total. The molecule has 0 aliphatic rings. The number of aliphatic carboxylic acids is 2. The molecule has 18 heavy (non-hydrogen) atoms. The van der Waals surface area contributed by atoms with Crippen LogP contribution in [0, 0.1) is 0 Å². The van der Waals surface area contributed by atoms with Gasteiger partial charge in [-0.25, -0.2) is 0 Å². The highest BCUT2D eigenvalue weighted by Gasteiger charge is 2.15. The smallest absolute Gasteiger partial charge is 0.320 e. The molecule has 4 atom stereocenters. The van der Waals surface area contributed by atoms with Crippen molar-refractivity contribution in [3.05, 3.63) is 0 Å². The number of carboxylic acid groups (broad SMARTS) is 2. The van der Waals surface area contributed by atoms with Crippen molar-refractivity contribution in [1.29, 1.82) is 0 Å². The molecule has 0 aliphatic heterocycles. The normalized spacial score (nSPS) is 14.1. The van der Waals surface area contributed by atoms with Crippen molar-refractivity contribution in [3.8, 4) is 0 Å². The van der Waals surface area contributed by atoms with Crippen molar-refractivity contribution in [2.75, 3.05) is 11.5 Å². The Bertz CT molecular complexity index is 247. The first kappa shape index (κ1) is 18.4. The van der Waals surface area contributed by atoms with Crippen LogP contribution in [0.4, 0.5) is 0 Å². The van der Waals surface area contributed by atoms with Gasteiger partial charge in [0.25, 0.3) is 0 Å². The molecule has 0 aromatic rings. The van der Waals surface area contributed by atoms with Crippen LogP contribution in [-0.4, -0.2) is 45.7 Å². The second-order valence-electron chi connectivity index (χ2n) is 3.34. The van der Waals surface area contributed by atoms with Gasteiger partial charge in [-0.1, -0.05) is 40.4 Å². The van der Waals surface area contributed by atoms with Crippen molar-refractivity contribution in [3.63, 3.8) is 0 Å². The Hall–Kier alpha value is 0.420. The summed E-state index contributed by atoms with van der Waals surface area (Å²) in [4.78, 5) is 21.4. The molecule has 0 rings (SSSR count). The van der Waals surface area contributed by atoms with Crippen LogP contribution in [0.1, 0.15) is 12.8 Å². The molecule has 0 heterocycles. The second-order valence-corrected chi connectivity index (χ2v) is 6.71. The summed E-state index contributed by atoms with van der Waals surface area (Å²) >= 11 is 0. The highest BCUT2D eigenvalue weighted by atomic mass is 33.1. The van der Waals surface area contributed by atoms with Gasteiger partial charge in [0, 0.05) is 11.5 Å². The molecule has 0 aromatic carbocycles. The summed E-state index contributed by atoms with van der Waals surface area (Å²) in [5, 5.41) is 22.8. The average molecular weight is 332 g/mol. The number of nitrogens with one attached hydrogen (secondary N) is 2. The summed E-state index contributed by atoms with van der Waals surface area (Å²) in [7, 11) is 7.51. The molecule has 106 valence electrons. The van der Waals surface area contributed by atoms with E-state index in [0.29, 0.717) is 24.3 Å². The largest absolute Gasteiger partial charge is 0.480 e.